The van der Waals surface area contributed by atoms with Crippen molar-refractivity contribution in [3.05, 3.63) is 108 Å². The van der Waals surface area contributed by atoms with E-state index in [0.29, 0.717) is 11.5 Å². The lowest BCUT2D eigenvalue weighted by atomic mass is 9.99. The highest BCUT2D eigenvalue weighted by Crippen LogP contribution is 2.38. The van der Waals surface area contributed by atoms with Crippen molar-refractivity contribution in [1.29, 1.82) is 0 Å². The van der Waals surface area contributed by atoms with Crippen molar-refractivity contribution in [3.63, 3.8) is 0 Å². The van der Waals surface area contributed by atoms with Crippen molar-refractivity contribution >= 4 is 23.4 Å². The van der Waals surface area contributed by atoms with Crippen LogP contribution in [0.25, 0.3) is 0 Å². The van der Waals surface area contributed by atoms with Gasteiger partial charge in [0.15, 0.2) is 0 Å². The third-order valence-electron chi connectivity index (χ3n) is 4.58. The van der Waals surface area contributed by atoms with E-state index < -0.39 is 12.1 Å². The van der Waals surface area contributed by atoms with Gasteiger partial charge in [0.05, 0.1) is 6.04 Å². The van der Waals surface area contributed by atoms with E-state index in [9.17, 15) is 9.18 Å². The zero-order chi connectivity index (χ0) is 21.6. The Morgan fingerprint density at radius 1 is 0.903 bits per heavy atom. The maximum atomic E-state index is 13.7. The van der Waals surface area contributed by atoms with Crippen LogP contribution in [-0.4, -0.2) is 26.2 Å². The van der Waals surface area contributed by atoms with Crippen LogP contribution >= 0.6 is 0 Å². The molecule has 31 heavy (non-hydrogen) atoms. The molecule has 0 aliphatic heterocycles. The number of pyridine rings is 3. The van der Waals surface area contributed by atoms with Crippen LogP contribution in [0.5, 0.6) is 0 Å². The lowest BCUT2D eigenvalue weighted by Gasteiger charge is -2.33. The van der Waals surface area contributed by atoms with Gasteiger partial charge in [0, 0.05) is 30.5 Å². The number of halogens is 1. The molecule has 1 aromatic carbocycles. The number of aromatic nitrogens is 3. The van der Waals surface area contributed by atoms with Crippen molar-refractivity contribution in [2.45, 2.75) is 6.04 Å². The molecule has 0 unspecified atom stereocenters. The quantitative estimate of drug-likeness (QED) is 0.459. The number of nitrogens with one attached hydrogen (secondary N) is 1. The number of hydrogen-bond acceptors (Lipinski definition) is 5. The number of rotatable bonds is 6. The predicted octanol–water partition coefficient (Wildman–Crippen LogP) is 5.03. The summed E-state index contributed by atoms with van der Waals surface area (Å²) in [5.74, 6) is 0.279. The zero-order valence-corrected chi connectivity index (χ0v) is 16.3. The summed E-state index contributed by atoms with van der Waals surface area (Å²) in [6.07, 6.45) is 5.64. The number of benzene rings is 1. The van der Waals surface area contributed by atoms with E-state index in [2.05, 4.69) is 20.3 Å². The second-order valence-electron chi connectivity index (χ2n) is 6.63. The van der Waals surface area contributed by atoms with Crippen LogP contribution in [-0.2, 0) is 0 Å². The normalized spacial score (nSPS) is 10.6. The predicted molar refractivity (Wildman–Crippen MR) is 115 cm³/mol. The first-order chi connectivity index (χ1) is 15.1. The van der Waals surface area contributed by atoms with E-state index in [1.807, 2.05) is 29.2 Å². The van der Waals surface area contributed by atoms with Crippen molar-refractivity contribution in [2.24, 2.45) is 0 Å². The highest BCUT2D eigenvalue weighted by atomic mass is 19.1. The van der Waals surface area contributed by atoms with Crippen LogP contribution < -0.4 is 10.2 Å². The molecule has 0 aliphatic rings. The Balaban J connectivity index is 1.92. The lowest BCUT2D eigenvalue weighted by molar-refractivity contribution is 0.209. The zero-order valence-electron chi connectivity index (χ0n) is 16.3. The molecule has 0 fully saturated rings. The van der Waals surface area contributed by atoms with E-state index in [1.54, 1.807) is 55.1 Å². The van der Waals surface area contributed by atoms with Gasteiger partial charge < -0.3 is 10.0 Å². The molecular formula is C23H18FN5O2. The number of hydrogen-bond donors (Lipinski definition) is 2. The Kier molecular flexibility index (Phi) is 5.79. The molecule has 0 saturated heterocycles. The van der Waals surface area contributed by atoms with Gasteiger partial charge in [0.1, 0.15) is 17.5 Å². The summed E-state index contributed by atoms with van der Waals surface area (Å²) in [5.41, 5.74) is 2.38. The van der Waals surface area contributed by atoms with Crippen LogP contribution in [0.3, 0.4) is 0 Å². The Bertz CT molecular complexity index is 1120. The monoisotopic (exact) mass is 415 g/mol. The molecule has 2 N–H and O–H groups in total. The highest BCUT2D eigenvalue weighted by molar-refractivity contribution is 5.82. The van der Waals surface area contributed by atoms with E-state index in [-0.39, 0.29) is 11.6 Å². The summed E-state index contributed by atoms with van der Waals surface area (Å²) in [4.78, 5) is 26.0. The highest BCUT2D eigenvalue weighted by Gasteiger charge is 2.26. The molecule has 0 saturated carbocycles. The third kappa shape index (κ3) is 4.64. The lowest BCUT2D eigenvalue weighted by Crippen LogP contribution is -2.26. The van der Waals surface area contributed by atoms with Gasteiger partial charge in [-0.25, -0.2) is 14.2 Å². The van der Waals surface area contributed by atoms with Gasteiger partial charge in [-0.05, 0) is 59.7 Å². The largest absolute Gasteiger partial charge is 0.465 e. The molecular weight excluding hydrogens is 397 g/mol. The second-order valence-corrected chi connectivity index (χ2v) is 6.63. The maximum absolute atomic E-state index is 13.7. The summed E-state index contributed by atoms with van der Waals surface area (Å²) in [7, 11) is 0. The van der Waals surface area contributed by atoms with Gasteiger partial charge in [0.2, 0.25) is 0 Å². The van der Waals surface area contributed by atoms with E-state index in [1.165, 1.54) is 12.1 Å². The van der Waals surface area contributed by atoms with Crippen LogP contribution in [0, 0.1) is 5.82 Å². The summed E-state index contributed by atoms with van der Waals surface area (Å²) >= 11 is 0. The smallest absolute Gasteiger partial charge is 0.410 e. The molecule has 0 spiro atoms. The van der Waals surface area contributed by atoms with E-state index >= 15 is 0 Å². The van der Waals surface area contributed by atoms with Gasteiger partial charge in [0.25, 0.3) is 0 Å². The van der Waals surface area contributed by atoms with Crippen LogP contribution in [0.15, 0.2) is 91.5 Å². The average Bonchev–Trinajstić information content (AvgIpc) is 2.79. The van der Waals surface area contributed by atoms with Crippen LogP contribution in [0.1, 0.15) is 17.2 Å². The van der Waals surface area contributed by atoms with Crippen molar-refractivity contribution in [3.8, 4) is 0 Å². The second kappa shape index (κ2) is 9.00. The molecule has 3 aromatic heterocycles. The number of carbonyl (C=O) groups is 1. The molecule has 1 amide bonds. The Morgan fingerprint density at radius 2 is 1.55 bits per heavy atom. The Morgan fingerprint density at radius 3 is 2.10 bits per heavy atom. The molecule has 0 radical (unpaired) electrons. The van der Waals surface area contributed by atoms with E-state index in [0.717, 1.165) is 11.1 Å². The minimum atomic E-state index is -1.21. The van der Waals surface area contributed by atoms with E-state index in [4.69, 9.17) is 5.11 Å². The maximum Gasteiger partial charge on any atom is 0.410 e. The molecule has 0 bridgehead atoms. The molecule has 8 heteroatoms. The van der Waals surface area contributed by atoms with Gasteiger partial charge in [-0.15, -0.1) is 0 Å². The first kappa shape index (κ1) is 20.0. The standard InChI is InChI=1S/C23H18FN5O2/c24-18-8-10-19(11-9-18)29(21-7-1-6-20(27-21)28-23(30)31)22(16-4-2-12-25-14-16)17-5-3-13-26-15-17/h1-15,22H,(H,27,28)(H,30,31). The first-order valence-electron chi connectivity index (χ1n) is 9.43. The average molecular weight is 415 g/mol. The fraction of sp³-hybridized carbons (Fsp3) is 0.0435. The summed E-state index contributed by atoms with van der Waals surface area (Å²) in [6.45, 7) is 0. The molecule has 7 nitrogen and oxygen atoms in total. The van der Waals surface area contributed by atoms with Gasteiger partial charge >= 0.3 is 6.09 Å². The fourth-order valence-corrected chi connectivity index (χ4v) is 3.32. The van der Waals surface area contributed by atoms with Gasteiger partial charge in [-0.1, -0.05) is 18.2 Å². The summed E-state index contributed by atoms with van der Waals surface area (Å²) < 4.78 is 13.7. The molecule has 4 aromatic rings. The SMILES string of the molecule is O=C(O)Nc1cccc(N(c2ccc(F)cc2)C(c2cccnc2)c2cccnc2)n1. The van der Waals surface area contributed by atoms with Crippen molar-refractivity contribution < 1.29 is 14.3 Å². The summed E-state index contributed by atoms with van der Waals surface area (Å²) in [6, 6.07) is 18.2. The first-order valence-corrected chi connectivity index (χ1v) is 9.43. The van der Waals surface area contributed by atoms with Crippen molar-refractivity contribution in [1.82, 2.24) is 15.0 Å². The molecule has 154 valence electrons. The van der Waals surface area contributed by atoms with Crippen molar-refractivity contribution in [2.75, 3.05) is 10.2 Å². The summed E-state index contributed by atoms with van der Waals surface area (Å²) in [5, 5.41) is 11.4. The molecule has 3 heterocycles. The minimum Gasteiger partial charge on any atom is -0.465 e. The van der Waals surface area contributed by atoms with Gasteiger partial charge in [-0.3, -0.25) is 15.3 Å². The molecule has 0 atom stereocenters. The van der Waals surface area contributed by atoms with Crippen LogP contribution in [0.4, 0.5) is 26.5 Å². The minimum absolute atomic E-state index is 0.174. The number of anilines is 3. The third-order valence-corrected chi connectivity index (χ3v) is 4.58. The van der Waals surface area contributed by atoms with Crippen LogP contribution in [0.2, 0.25) is 0 Å². The molecule has 0 aliphatic carbocycles. The number of nitrogens with zero attached hydrogens (tertiary/aromatic N) is 4. The fourth-order valence-electron chi connectivity index (χ4n) is 3.32. The number of amides is 1. The number of carboxylic acid groups (broad SMARTS) is 1. The molecule has 4 rings (SSSR count). The van der Waals surface area contributed by atoms with Gasteiger partial charge in [-0.2, -0.15) is 0 Å². The topological polar surface area (TPSA) is 91.2 Å². The Hall–Kier alpha value is -4.33. The Labute approximate surface area is 177 Å².